The number of hydrogen-bond donors (Lipinski definition) is 3. The molecule has 0 aliphatic carbocycles. The second-order valence-electron chi connectivity index (χ2n) is 4.69. The highest BCUT2D eigenvalue weighted by atomic mass is 16.5. The highest BCUT2D eigenvalue weighted by Crippen LogP contribution is 2.31. The first kappa shape index (κ1) is 15.4. The van der Waals surface area contributed by atoms with E-state index in [9.17, 15) is 14.4 Å². The molecule has 6 N–H and O–H groups in total. The van der Waals surface area contributed by atoms with E-state index in [2.05, 4.69) is 0 Å². The molecule has 0 saturated carbocycles. The van der Waals surface area contributed by atoms with Crippen LogP contribution in [0.1, 0.15) is 12.8 Å². The predicted molar refractivity (Wildman–Crippen MR) is 66.5 cm³/mol. The summed E-state index contributed by atoms with van der Waals surface area (Å²) in [5.41, 5.74) is 15.1. The molecule has 1 saturated heterocycles. The van der Waals surface area contributed by atoms with Crippen molar-refractivity contribution in [1.82, 2.24) is 4.90 Å². The van der Waals surface area contributed by atoms with Crippen molar-refractivity contribution in [1.29, 1.82) is 0 Å². The number of nitrogens with zero attached hydrogens (tertiary/aromatic N) is 1. The van der Waals surface area contributed by atoms with Crippen LogP contribution in [-0.2, 0) is 19.1 Å². The van der Waals surface area contributed by atoms with Crippen molar-refractivity contribution in [2.24, 2.45) is 22.6 Å². The lowest BCUT2D eigenvalue weighted by molar-refractivity contribution is -0.150. The van der Waals surface area contributed by atoms with Crippen LogP contribution in [0.15, 0.2) is 0 Å². The third-order valence-electron chi connectivity index (χ3n) is 3.27. The zero-order chi connectivity index (χ0) is 14.5. The molecule has 1 heterocycles. The van der Waals surface area contributed by atoms with Crippen molar-refractivity contribution in [2.45, 2.75) is 12.8 Å². The number of rotatable bonds is 6. The van der Waals surface area contributed by atoms with E-state index >= 15 is 0 Å². The number of carbonyl (C=O) groups excluding carboxylic acids is 3. The van der Waals surface area contributed by atoms with Crippen LogP contribution < -0.4 is 17.2 Å². The van der Waals surface area contributed by atoms with E-state index in [1.165, 1.54) is 0 Å². The molecule has 3 amide bonds. The van der Waals surface area contributed by atoms with Crippen molar-refractivity contribution >= 4 is 17.7 Å². The van der Waals surface area contributed by atoms with Crippen molar-refractivity contribution < 1.29 is 19.1 Å². The third kappa shape index (κ3) is 3.90. The summed E-state index contributed by atoms with van der Waals surface area (Å²) >= 11 is 0. The van der Waals surface area contributed by atoms with E-state index in [1.807, 2.05) is 0 Å². The molecule has 8 heteroatoms. The number of ether oxygens (including phenoxy) is 1. The van der Waals surface area contributed by atoms with Gasteiger partial charge in [0.1, 0.15) is 0 Å². The number of carbonyl (C=O) groups is 3. The van der Waals surface area contributed by atoms with Gasteiger partial charge >= 0.3 is 0 Å². The maximum absolute atomic E-state index is 12.5. The molecule has 0 aromatic carbocycles. The standard InChI is InChI=1S/C11H20N4O4/c12-7-11(1-3-19-4-2-11)10(18)15(5-8(13)16)6-9(14)17/h1-7,12H2,(H2,13,16)(H2,14,17). The topological polar surface area (TPSA) is 142 Å². The normalized spacial score (nSPS) is 17.7. The molecule has 1 rings (SSSR count). The van der Waals surface area contributed by atoms with Gasteiger partial charge in [-0.15, -0.1) is 0 Å². The highest BCUT2D eigenvalue weighted by molar-refractivity contribution is 5.91. The van der Waals surface area contributed by atoms with E-state index in [1.54, 1.807) is 0 Å². The maximum atomic E-state index is 12.5. The molecular formula is C11H20N4O4. The Labute approximate surface area is 111 Å². The maximum Gasteiger partial charge on any atom is 0.237 e. The lowest BCUT2D eigenvalue weighted by atomic mass is 9.79. The smallest absolute Gasteiger partial charge is 0.237 e. The van der Waals surface area contributed by atoms with E-state index in [0.29, 0.717) is 26.1 Å². The second kappa shape index (κ2) is 6.48. The van der Waals surface area contributed by atoms with Gasteiger partial charge in [0.15, 0.2) is 0 Å². The molecule has 1 aliphatic heterocycles. The predicted octanol–water partition coefficient (Wildman–Crippen LogP) is -2.46. The number of hydrogen-bond acceptors (Lipinski definition) is 5. The highest BCUT2D eigenvalue weighted by Gasteiger charge is 2.42. The van der Waals surface area contributed by atoms with Gasteiger partial charge < -0.3 is 26.8 Å². The zero-order valence-electron chi connectivity index (χ0n) is 10.8. The van der Waals surface area contributed by atoms with Crippen molar-refractivity contribution in [3.05, 3.63) is 0 Å². The number of nitrogens with two attached hydrogens (primary N) is 3. The lowest BCUT2D eigenvalue weighted by Gasteiger charge is -2.38. The molecule has 0 bridgehead atoms. The third-order valence-corrected chi connectivity index (χ3v) is 3.27. The SMILES string of the molecule is NCC1(C(=O)N(CC(N)=O)CC(N)=O)CCOCC1. The van der Waals surface area contributed by atoms with Gasteiger partial charge in [0, 0.05) is 19.8 Å². The first-order valence-electron chi connectivity index (χ1n) is 6.05. The molecule has 1 aliphatic rings. The van der Waals surface area contributed by atoms with Gasteiger partial charge in [-0.25, -0.2) is 0 Å². The van der Waals surface area contributed by atoms with Gasteiger partial charge in [-0.3, -0.25) is 14.4 Å². The van der Waals surface area contributed by atoms with Gasteiger partial charge in [-0.1, -0.05) is 0 Å². The Bertz CT molecular complexity index is 350. The van der Waals surface area contributed by atoms with Crippen LogP contribution in [-0.4, -0.2) is 55.5 Å². The van der Waals surface area contributed by atoms with Crippen LogP contribution in [0.4, 0.5) is 0 Å². The summed E-state index contributed by atoms with van der Waals surface area (Å²) in [6, 6.07) is 0. The molecule has 0 aromatic heterocycles. The summed E-state index contributed by atoms with van der Waals surface area (Å²) < 4.78 is 5.21. The summed E-state index contributed by atoms with van der Waals surface area (Å²) in [6.45, 7) is 0.284. The van der Waals surface area contributed by atoms with E-state index < -0.39 is 17.2 Å². The Kier molecular flexibility index (Phi) is 5.25. The molecule has 8 nitrogen and oxygen atoms in total. The molecule has 0 aromatic rings. The first-order valence-corrected chi connectivity index (χ1v) is 6.05. The Morgan fingerprint density at radius 3 is 1.89 bits per heavy atom. The van der Waals surface area contributed by atoms with E-state index in [-0.39, 0.29) is 25.5 Å². The average molecular weight is 272 g/mol. The molecule has 1 fully saturated rings. The van der Waals surface area contributed by atoms with Gasteiger partial charge in [0.2, 0.25) is 17.7 Å². The minimum atomic E-state index is -0.802. The summed E-state index contributed by atoms with van der Waals surface area (Å²) in [6.07, 6.45) is 0.909. The molecule has 0 radical (unpaired) electrons. The largest absolute Gasteiger partial charge is 0.381 e. The summed E-state index contributed by atoms with van der Waals surface area (Å²) in [4.78, 5) is 35.6. The summed E-state index contributed by atoms with van der Waals surface area (Å²) in [7, 11) is 0. The molecule has 0 spiro atoms. The van der Waals surface area contributed by atoms with E-state index in [4.69, 9.17) is 21.9 Å². The van der Waals surface area contributed by atoms with Crippen LogP contribution in [0.3, 0.4) is 0 Å². The quantitative estimate of drug-likeness (QED) is 0.491. The fourth-order valence-electron chi connectivity index (χ4n) is 2.18. The Balaban J connectivity index is 2.88. The molecule has 0 unspecified atom stereocenters. The van der Waals surface area contributed by atoms with Crippen LogP contribution in [0.5, 0.6) is 0 Å². The molecule has 19 heavy (non-hydrogen) atoms. The van der Waals surface area contributed by atoms with Crippen LogP contribution >= 0.6 is 0 Å². The minimum absolute atomic E-state index is 0.128. The lowest BCUT2D eigenvalue weighted by Crippen LogP contribution is -2.54. The van der Waals surface area contributed by atoms with Crippen molar-refractivity contribution in [2.75, 3.05) is 32.8 Å². The Morgan fingerprint density at radius 1 is 1.05 bits per heavy atom. The van der Waals surface area contributed by atoms with Crippen LogP contribution in [0.25, 0.3) is 0 Å². The van der Waals surface area contributed by atoms with Crippen molar-refractivity contribution in [3.63, 3.8) is 0 Å². The molecule has 108 valence electrons. The summed E-state index contributed by atoms with van der Waals surface area (Å²) in [5.74, 6) is -1.77. The molecular weight excluding hydrogens is 252 g/mol. The molecule has 0 atom stereocenters. The van der Waals surface area contributed by atoms with Crippen LogP contribution in [0.2, 0.25) is 0 Å². The van der Waals surface area contributed by atoms with Gasteiger partial charge in [0.05, 0.1) is 18.5 Å². The Morgan fingerprint density at radius 2 is 1.53 bits per heavy atom. The van der Waals surface area contributed by atoms with Gasteiger partial charge in [-0.05, 0) is 12.8 Å². The fourth-order valence-corrected chi connectivity index (χ4v) is 2.18. The van der Waals surface area contributed by atoms with Crippen molar-refractivity contribution in [3.8, 4) is 0 Å². The van der Waals surface area contributed by atoms with Crippen LogP contribution in [0, 0.1) is 5.41 Å². The van der Waals surface area contributed by atoms with Gasteiger partial charge in [-0.2, -0.15) is 0 Å². The van der Waals surface area contributed by atoms with E-state index in [0.717, 1.165) is 4.90 Å². The monoisotopic (exact) mass is 272 g/mol. The number of primary amides is 2. The van der Waals surface area contributed by atoms with Gasteiger partial charge in [0.25, 0.3) is 0 Å². The average Bonchev–Trinajstić information content (AvgIpc) is 2.36. The fraction of sp³-hybridized carbons (Fsp3) is 0.727. The first-order chi connectivity index (χ1) is 8.91. The number of amides is 3. The zero-order valence-corrected chi connectivity index (χ0v) is 10.8. The summed E-state index contributed by atoms with van der Waals surface area (Å²) in [5, 5.41) is 0. The second-order valence-corrected chi connectivity index (χ2v) is 4.69. The Hall–Kier alpha value is -1.67. The minimum Gasteiger partial charge on any atom is -0.381 e.